The third-order valence-corrected chi connectivity index (χ3v) is 1.80. The Morgan fingerprint density at radius 3 is 3.00 bits per heavy atom. The Morgan fingerprint density at radius 1 is 1.25 bits per heavy atom. The van der Waals surface area contributed by atoms with Gasteiger partial charge in [-0.05, 0) is 17.5 Å². The molecule has 0 aliphatic heterocycles. The van der Waals surface area contributed by atoms with Crippen LogP contribution in [0.4, 0.5) is 0 Å². The first-order chi connectivity index (χ1) is 5.90. The van der Waals surface area contributed by atoms with Crippen molar-refractivity contribution in [3.05, 3.63) is 42.2 Å². The standard InChI is InChI=1S/C10H7NO/c12-7-8-1-2-10-6-11-4-3-9(10)5-8/h1-7H/p+1. The molecule has 58 valence electrons. The van der Waals surface area contributed by atoms with Crippen LogP contribution in [0.15, 0.2) is 36.7 Å². The second-order valence-corrected chi connectivity index (χ2v) is 2.60. The zero-order valence-electron chi connectivity index (χ0n) is 7.40. The zero-order valence-corrected chi connectivity index (χ0v) is 6.40. The normalized spacial score (nSPS) is 10.0. The lowest BCUT2D eigenvalue weighted by Gasteiger charge is -1.95. The predicted octanol–water partition coefficient (Wildman–Crippen LogP) is 2.16. The van der Waals surface area contributed by atoms with Gasteiger partial charge in [-0.15, -0.1) is 0 Å². The fourth-order valence-corrected chi connectivity index (χ4v) is 1.18. The van der Waals surface area contributed by atoms with Crippen LogP contribution in [0.3, 0.4) is 0 Å². The first-order valence-corrected chi connectivity index (χ1v) is 3.69. The summed E-state index contributed by atoms with van der Waals surface area (Å²) in [5, 5.41) is 2.11. The van der Waals surface area contributed by atoms with Gasteiger partial charge < -0.3 is 0 Å². The molecule has 1 aromatic heterocycles. The summed E-state index contributed by atoms with van der Waals surface area (Å²) in [5.41, 5.74) is 0.703. The molecule has 0 fully saturated rings. The number of nitrogens with zero attached hydrogens (tertiary/aromatic N) is 1. The van der Waals surface area contributed by atoms with Gasteiger partial charge in [0.1, 0.15) is 6.29 Å². The Kier molecular flexibility index (Phi) is 1.59. The Morgan fingerprint density at radius 2 is 2.17 bits per heavy atom. The summed E-state index contributed by atoms with van der Waals surface area (Å²) >= 11 is 0. The first-order valence-electron chi connectivity index (χ1n) is 3.69. The first kappa shape index (κ1) is 6.98. The van der Waals surface area contributed by atoms with Crippen LogP contribution in [-0.2, 0) is 0 Å². The third kappa shape index (κ3) is 1.07. The number of benzene rings is 1. The molecule has 2 nitrogen and oxygen atoms in total. The van der Waals surface area contributed by atoms with Gasteiger partial charge in [-0.1, -0.05) is 12.1 Å². The Hall–Kier alpha value is -1.70. The Balaban J connectivity index is 0.000000845. The fourth-order valence-electron chi connectivity index (χ4n) is 1.18. The Labute approximate surface area is 71.3 Å². The second-order valence-electron chi connectivity index (χ2n) is 2.60. The maximum atomic E-state index is 10.4. The van der Waals surface area contributed by atoms with Crippen molar-refractivity contribution in [1.82, 2.24) is 4.98 Å². The molecule has 0 amide bonds. The molecule has 1 aromatic carbocycles. The molecule has 0 N–H and O–H groups in total. The average Bonchev–Trinajstić information content (AvgIpc) is 2.17. The number of pyridine rings is 1. The van der Waals surface area contributed by atoms with E-state index in [-0.39, 0.29) is 1.43 Å². The van der Waals surface area contributed by atoms with Crippen LogP contribution in [0.25, 0.3) is 10.8 Å². The van der Waals surface area contributed by atoms with Crippen LogP contribution >= 0.6 is 0 Å². The molecule has 0 saturated heterocycles. The van der Waals surface area contributed by atoms with E-state index in [4.69, 9.17) is 0 Å². The van der Waals surface area contributed by atoms with Gasteiger partial charge in [-0.3, -0.25) is 9.78 Å². The summed E-state index contributed by atoms with van der Waals surface area (Å²) in [4.78, 5) is 14.4. The minimum absolute atomic E-state index is 0. The molecule has 0 spiro atoms. The number of hydrogen-bond acceptors (Lipinski definition) is 2. The smallest absolute Gasteiger partial charge is 0.298 e. The fraction of sp³-hybridized carbons (Fsp3) is 0. The summed E-state index contributed by atoms with van der Waals surface area (Å²) in [7, 11) is 0. The quantitative estimate of drug-likeness (QED) is 0.595. The summed E-state index contributed by atoms with van der Waals surface area (Å²) in [6.45, 7) is 0. The van der Waals surface area contributed by atoms with E-state index in [0.717, 1.165) is 17.1 Å². The molecule has 2 heteroatoms. The number of fused-ring (bicyclic) bond motifs is 1. The molecule has 0 aliphatic rings. The molecular formula is C10H8NO+. The van der Waals surface area contributed by atoms with Crippen molar-refractivity contribution >= 4 is 17.1 Å². The molecular weight excluding hydrogens is 150 g/mol. The number of carbonyl (C=O) groups is 1. The lowest BCUT2D eigenvalue weighted by molar-refractivity contribution is 0.112. The molecule has 0 bridgehead atoms. The van der Waals surface area contributed by atoms with Crippen molar-refractivity contribution in [3.63, 3.8) is 0 Å². The monoisotopic (exact) mass is 158 g/mol. The van der Waals surface area contributed by atoms with Crippen LogP contribution in [0.2, 0.25) is 0 Å². The van der Waals surface area contributed by atoms with Gasteiger partial charge >= 0.3 is 1.43 Å². The Bertz CT molecular complexity index is 428. The molecule has 12 heavy (non-hydrogen) atoms. The van der Waals surface area contributed by atoms with Crippen molar-refractivity contribution in [2.45, 2.75) is 0 Å². The third-order valence-electron chi connectivity index (χ3n) is 1.80. The molecule has 0 unspecified atom stereocenters. The van der Waals surface area contributed by atoms with Crippen LogP contribution in [0.5, 0.6) is 0 Å². The average molecular weight is 158 g/mol. The highest BCUT2D eigenvalue weighted by Crippen LogP contribution is 2.12. The van der Waals surface area contributed by atoms with E-state index < -0.39 is 0 Å². The second kappa shape index (κ2) is 2.74. The van der Waals surface area contributed by atoms with Crippen molar-refractivity contribution in [1.29, 1.82) is 0 Å². The van der Waals surface area contributed by atoms with Gasteiger partial charge in [0.2, 0.25) is 0 Å². The minimum atomic E-state index is 0. The van der Waals surface area contributed by atoms with Crippen molar-refractivity contribution in [2.75, 3.05) is 0 Å². The number of aldehydes is 1. The largest absolute Gasteiger partial charge is 1.00 e. The number of hydrogen-bond donors (Lipinski definition) is 0. The molecule has 0 saturated carbocycles. The molecule has 0 radical (unpaired) electrons. The number of carbonyl (C=O) groups excluding carboxylic acids is 1. The SMILES string of the molecule is O=Cc1ccc2cnccc2c1.[H+]. The van der Waals surface area contributed by atoms with Crippen molar-refractivity contribution < 1.29 is 6.22 Å². The van der Waals surface area contributed by atoms with Gasteiger partial charge in [0, 0.05) is 23.3 Å². The summed E-state index contributed by atoms with van der Waals surface area (Å²) < 4.78 is 0. The van der Waals surface area contributed by atoms with Gasteiger partial charge in [0.25, 0.3) is 0 Å². The summed E-state index contributed by atoms with van der Waals surface area (Å²) in [6.07, 6.45) is 4.35. The summed E-state index contributed by atoms with van der Waals surface area (Å²) in [6, 6.07) is 7.43. The molecule has 2 rings (SSSR count). The van der Waals surface area contributed by atoms with Gasteiger partial charge in [-0.25, -0.2) is 0 Å². The van der Waals surface area contributed by atoms with Crippen molar-refractivity contribution in [2.24, 2.45) is 0 Å². The topological polar surface area (TPSA) is 30.0 Å². The highest BCUT2D eigenvalue weighted by atomic mass is 16.1. The van der Waals surface area contributed by atoms with E-state index in [0.29, 0.717) is 5.56 Å². The van der Waals surface area contributed by atoms with Crippen LogP contribution in [0.1, 0.15) is 11.8 Å². The highest BCUT2D eigenvalue weighted by Gasteiger charge is 1.93. The van der Waals surface area contributed by atoms with Crippen LogP contribution in [0, 0.1) is 0 Å². The zero-order chi connectivity index (χ0) is 8.39. The maximum Gasteiger partial charge on any atom is 1.00 e. The highest BCUT2D eigenvalue weighted by molar-refractivity contribution is 5.88. The van der Waals surface area contributed by atoms with Crippen molar-refractivity contribution in [3.8, 4) is 0 Å². The van der Waals surface area contributed by atoms with E-state index in [9.17, 15) is 4.79 Å². The molecule has 0 aliphatic carbocycles. The van der Waals surface area contributed by atoms with Gasteiger partial charge in [-0.2, -0.15) is 0 Å². The van der Waals surface area contributed by atoms with Gasteiger partial charge in [0.15, 0.2) is 0 Å². The molecule has 0 atom stereocenters. The van der Waals surface area contributed by atoms with E-state index >= 15 is 0 Å². The predicted molar refractivity (Wildman–Crippen MR) is 48.2 cm³/mol. The lowest BCUT2D eigenvalue weighted by atomic mass is 10.1. The number of rotatable bonds is 1. The lowest BCUT2D eigenvalue weighted by Crippen LogP contribution is -1.80. The van der Waals surface area contributed by atoms with E-state index in [2.05, 4.69) is 4.98 Å². The molecule has 2 aromatic rings. The number of aromatic nitrogens is 1. The molecule has 1 heterocycles. The van der Waals surface area contributed by atoms with E-state index in [1.54, 1.807) is 18.5 Å². The van der Waals surface area contributed by atoms with E-state index in [1.807, 2.05) is 18.2 Å². The maximum absolute atomic E-state index is 10.4. The van der Waals surface area contributed by atoms with Crippen LogP contribution < -0.4 is 0 Å². The minimum Gasteiger partial charge on any atom is -0.298 e. The van der Waals surface area contributed by atoms with Crippen LogP contribution in [-0.4, -0.2) is 11.3 Å². The van der Waals surface area contributed by atoms with E-state index in [1.165, 1.54) is 0 Å². The van der Waals surface area contributed by atoms with Gasteiger partial charge in [0.05, 0.1) is 0 Å². The summed E-state index contributed by atoms with van der Waals surface area (Å²) in [5.74, 6) is 0.